The molecular weight excluding hydrogens is 266 g/mol. The van der Waals surface area contributed by atoms with Crippen molar-refractivity contribution in [1.82, 2.24) is 9.78 Å². The number of hydrogen-bond acceptors (Lipinski definition) is 4. The second-order valence-corrected chi connectivity index (χ2v) is 5.59. The zero-order chi connectivity index (χ0) is 14.8. The lowest BCUT2D eigenvalue weighted by Crippen LogP contribution is -2.17. The largest absolute Gasteiger partial charge is 0.486 e. The molecule has 5 heteroatoms. The van der Waals surface area contributed by atoms with Crippen LogP contribution in [0.1, 0.15) is 37.2 Å². The Bertz CT molecular complexity index is 622. The summed E-state index contributed by atoms with van der Waals surface area (Å²) in [6.45, 7) is 5.41. The van der Waals surface area contributed by atoms with E-state index in [-0.39, 0.29) is 6.04 Å². The first-order valence-corrected chi connectivity index (χ1v) is 7.32. The summed E-state index contributed by atoms with van der Waals surface area (Å²) in [5, 5.41) is 4.54. The number of aromatic nitrogens is 2. The molecule has 0 saturated carbocycles. The SMILES string of the molecule is CC(C)n1ccc(CC(N)c2ccc3c(c2)OCCO3)n1. The van der Waals surface area contributed by atoms with Crippen LogP contribution in [0.5, 0.6) is 11.5 Å². The number of hydrogen-bond donors (Lipinski definition) is 1. The Morgan fingerprint density at radius 3 is 2.67 bits per heavy atom. The van der Waals surface area contributed by atoms with E-state index < -0.39 is 0 Å². The van der Waals surface area contributed by atoms with Crippen molar-refractivity contribution in [2.75, 3.05) is 13.2 Å². The van der Waals surface area contributed by atoms with E-state index in [4.69, 9.17) is 15.2 Å². The van der Waals surface area contributed by atoms with Gasteiger partial charge in [0.15, 0.2) is 11.5 Å². The number of rotatable bonds is 4. The standard InChI is InChI=1S/C16H21N3O2/c1-11(2)19-6-5-13(18-19)10-14(17)12-3-4-15-16(9-12)21-8-7-20-15/h3-6,9,11,14H,7-8,10,17H2,1-2H3. The lowest BCUT2D eigenvalue weighted by molar-refractivity contribution is 0.171. The maximum atomic E-state index is 6.30. The van der Waals surface area contributed by atoms with Crippen LogP contribution in [-0.4, -0.2) is 23.0 Å². The van der Waals surface area contributed by atoms with Gasteiger partial charge in [-0.3, -0.25) is 4.68 Å². The first-order valence-electron chi connectivity index (χ1n) is 7.32. The Kier molecular flexibility index (Phi) is 3.84. The first kappa shape index (κ1) is 13.9. The Hall–Kier alpha value is -2.01. The molecule has 0 fully saturated rings. The molecule has 1 aromatic carbocycles. The van der Waals surface area contributed by atoms with Gasteiger partial charge in [-0.2, -0.15) is 5.10 Å². The molecule has 1 unspecified atom stereocenters. The Morgan fingerprint density at radius 2 is 1.95 bits per heavy atom. The summed E-state index contributed by atoms with van der Waals surface area (Å²) in [5.74, 6) is 1.57. The van der Waals surface area contributed by atoms with Gasteiger partial charge in [0, 0.05) is 24.7 Å². The van der Waals surface area contributed by atoms with Gasteiger partial charge in [-0.15, -0.1) is 0 Å². The minimum Gasteiger partial charge on any atom is -0.486 e. The van der Waals surface area contributed by atoms with E-state index in [0.717, 1.165) is 22.8 Å². The molecular formula is C16H21N3O2. The van der Waals surface area contributed by atoms with E-state index >= 15 is 0 Å². The molecule has 0 aliphatic carbocycles. The Morgan fingerprint density at radius 1 is 1.19 bits per heavy atom. The van der Waals surface area contributed by atoms with Crippen LogP contribution in [-0.2, 0) is 6.42 Å². The molecule has 0 radical (unpaired) electrons. The van der Waals surface area contributed by atoms with E-state index in [9.17, 15) is 0 Å². The van der Waals surface area contributed by atoms with Gasteiger partial charge in [0.1, 0.15) is 13.2 Å². The normalized spacial score (nSPS) is 15.2. The number of ether oxygens (including phenoxy) is 2. The van der Waals surface area contributed by atoms with Gasteiger partial charge >= 0.3 is 0 Å². The van der Waals surface area contributed by atoms with Crippen LogP contribution in [0, 0.1) is 0 Å². The summed E-state index contributed by atoms with van der Waals surface area (Å²) in [5.41, 5.74) is 8.35. The van der Waals surface area contributed by atoms with Gasteiger partial charge in [0.05, 0.1) is 5.69 Å². The van der Waals surface area contributed by atoms with Crippen molar-refractivity contribution < 1.29 is 9.47 Å². The van der Waals surface area contributed by atoms with Crippen LogP contribution in [0.2, 0.25) is 0 Å². The third-order valence-corrected chi connectivity index (χ3v) is 3.62. The number of nitrogens with two attached hydrogens (primary N) is 1. The van der Waals surface area contributed by atoms with Crippen LogP contribution in [0.15, 0.2) is 30.5 Å². The molecule has 3 rings (SSSR count). The van der Waals surface area contributed by atoms with Crippen molar-refractivity contribution in [2.45, 2.75) is 32.4 Å². The van der Waals surface area contributed by atoms with Gasteiger partial charge in [0.2, 0.25) is 0 Å². The molecule has 2 N–H and O–H groups in total. The van der Waals surface area contributed by atoms with Crippen LogP contribution >= 0.6 is 0 Å². The average molecular weight is 287 g/mol. The molecule has 1 atom stereocenters. The third-order valence-electron chi connectivity index (χ3n) is 3.62. The molecule has 0 saturated heterocycles. The van der Waals surface area contributed by atoms with Crippen molar-refractivity contribution in [3.05, 3.63) is 41.7 Å². The van der Waals surface area contributed by atoms with Crippen molar-refractivity contribution in [1.29, 1.82) is 0 Å². The zero-order valence-corrected chi connectivity index (χ0v) is 12.5. The highest BCUT2D eigenvalue weighted by atomic mass is 16.6. The maximum Gasteiger partial charge on any atom is 0.161 e. The summed E-state index contributed by atoms with van der Waals surface area (Å²) >= 11 is 0. The van der Waals surface area contributed by atoms with E-state index in [1.165, 1.54) is 0 Å². The fraction of sp³-hybridized carbons (Fsp3) is 0.438. The zero-order valence-electron chi connectivity index (χ0n) is 12.5. The maximum absolute atomic E-state index is 6.30. The van der Waals surface area contributed by atoms with E-state index in [2.05, 4.69) is 18.9 Å². The fourth-order valence-electron chi connectivity index (χ4n) is 2.41. The second-order valence-electron chi connectivity index (χ2n) is 5.59. The topological polar surface area (TPSA) is 62.3 Å². The molecule has 1 aliphatic rings. The predicted octanol–water partition coefficient (Wildman–Crippen LogP) is 2.48. The highest BCUT2D eigenvalue weighted by Crippen LogP contribution is 2.32. The molecule has 2 heterocycles. The summed E-state index contributed by atoms with van der Waals surface area (Å²) in [7, 11) is 0. The second kappa shape index (κ2) is 5.77. The Labute approximate surface area is 124 Å². The molecule has 0 bridgehead atoms. The molecule has 1 aliphatic heterocycles. The average Bonchev–Trinajstić information content (AvgIpc) is 2.95. The smallest absolute Gasteiger partial charge is 0.161 e. The fourth-order valence-corrected chi connectivity index (χ4v) is 2.41. The monoisotopic (exact) mass is 287 g/mol. The Balaban J connectivity index is 1.73. The van der Waals surface area contributed by atoms with Crippen molar-refractivity contribution in [3.63, 3.8) is 0 Å². The molecule has 1 aromatic heterocycles. The molecule has 0 spiro atoms. The minimum absolute atomic E-state index is 0.101. The van der Waals surface area contributed by atoms with E-state index in [1.807, 2.05) is 35.1 Å². The molecule has 0 amide bonds. The molecule has 112 valence electrons. The van der Waals surface area contributed by atoms with E-state index in [0.29, 0.717) is 25.7 Å². The van der Waals surface area contributed by atoms with Gasteiger partial charge in [-0.25, -0.2) is 0 Å². The number of nitrogens with zero attached hydrogens (tertiary/aromatic N) is 2. The third kappa shape index (κ3) is 3.03. The highest BCUT2D eigenvalue weighted by Gasteiger charge is 2.16. The van der Waals surface area contributed by atoms with Crippen LogP contribution < -0.4 is 15.2 Å². The van der Waals surface area contributed by atoms with Crippen molar-refractivity contribution in [3.8, 4) is 11.5 Å². The molecule has 2 aromatic rings. The van der Waals surface area contributed by atoms with Gasteiger partial charge in [-0.1, -0.05) is 6.07 Å². The number of benzene rings is 1. The molecule has 5 nitrogen and oxygen atoms in total. The lowest BCUT2D eigenvalue weighted by atomic mass is 10.0. The molecule has 21 heavy (non-hydrogen) atoms. The van der Waals surface area contributed by atoms with Crippen LogP contribution in [0.3, 0.4) is 0 Å². The summed E-state index contributed by atoms with van der Waals surface area (Å²) < 4.78 is 13.1. The first-order chi connectivity index (χ1) is 10.1. The van der Waals surface area contributed by atoms with Gasteiger partial charge in [0.25, 0.3) is 0 Å². The quantitative estimate of drug-likeness (QED) is 0.938. The highest BCUT2D eigenvalue weighted by molar-refractivity contribution is 5.44. The van der Waals surface area contributed by atoms with Crippen LogP contribution in [0.4, 0.5) is 0 Å². The van der Waals surface area contributed by atoms with Crippen molar-refractivity contribution in [2.24, 2.45) is 5.73 Å². The summed E-state index contributed by atoms with van der Waals surface area (Å²) in [4.78, 5) is 0. The number of fused-ring (bicyclic) bond motifs is 1. The summed E-state index contributed by atoms with van der Waals surface area (Å²) in [6, 6.07) is 8.19. The lowest BCUT2D eigenvalue weighted by Gasteiger charge is -2.20. The minimum atomic E-state index is -0.101. The predicted molar refractivity (Wildman–Crippen MR) is 80.7 cm³/mol. The van der Waals surface area contributed by atoms with Crippen molar-refractivity contribution >= 4 is 0 Å². The van der Waals surface area contributed by atoms with Gasteiger partial charge in [-0.05, 0) is 37.6 Å². The van der Waals surface area contributed by atoms with E-state index in [1.54, 1.807) is 0 Å². The van der Waals surface area contributed by atoms with Gasteiger partial charge < -0.3 is 15.2 Å². The van der Waals surface area contributed by atoms with Crippen LogP contribution in [0.25, 0.3) is 0 Å². The summed E-state index contributed by atoms with van der Waals surface area (Å²) in [6.07, 6.45) is 2.70.